The van der Waals surface area contributed by atoms with Gasteiger partial charge in [-0.25, -0.2) is 4.98 Å². The molecule has 8 heteroatoms. The zero-order chi connectivity index (χ0) is 20.4. The molecule has 0 saturated carbocycles. The average Bonchev–Trinajstić information content (AvgIpc) is 2.74. The second-order valence-electron chi connectivity index (χ2n) is 6.99. The van der Waals surface area contributed by atoms with Crippen molar-refractivity contribution in [2.45, 2.75) is 25.9 Å². The van der Waals surface area contributed by atoms with E-state index in [4.69, 9.17) is 16.7 Å². The predicted molar refractivity (Wildman–Crippen MR) is 113 cm³/mol. The molecule has 0 aliphatic carbocycles. The number of hydrogen-bond acceptors (Lipinski definition) is 5. The summed E-state index contributed by atoms with van der Waals surface area (Å²) in [6.45, 7) is 1.66. The summed E-state index contributed by atoms with van der Waals surface area (Å²) >= 11 is 5.89. The summed E-state index contributed by atoms with van der Waals surface area (Å²) in [7, 11) is 0. The normalized spacial score (nSPS) is 12.6. The van der Waals surface area contributed by atoms with Crippen LogP contribution in [0.5, 0.6) is 0 Å². The van der Waals surface area contributed by atoms with Crippen molar-refractivity contribution in [2.75, 3.05) is 18.5 Å². The van der Waals surface area contributed by atoms with Crippen LogP contribution in [0.1, 0.15) is 28.0 Å². The highest BCUT2D eigenvalue weighted by Crippen LogP contribution is 2.24. The topological polar surface area (TPSA) is 96.2 Å². The van der Waals surface area contributed by atoms with Gasteiger partial charge in [0.2, 0.25) is 5.43 Å². The van der Waals surface area contributed by atoms with Crippen molar-refractivity contribution in [1.29, 1.82) is 0 Å². The number of benzene rings is 1. The monoisotopic (exact) mass is 412 g/mol. The Balaban J connectivity index is 1.69. The molecule has 0 radical (unpaired) electrons. The standard InChI is InChI=1S/C21H21ClN4O3/c22-14-5-3-13(4-6-14)11-24-21(29)17-12-26-8-7-23-20-18(26)16(19(17)28)10-15(25-20)2-1-9-27/h3-6,10,12,27H,1-2,7-9,11H2,(H,23,25)(H,24,29). The minimum absolute atomic E-state index is 0.0554. The molecule has 2 aromatic heterocycles. The molecule has 3 aromatic rings. The number of aromatic nitrogens is 2. The van der Waals surface area contributed by atoms with E-state index in [2.05, 4.69) is 15.6 Å². The summed E-state index contributed by atoms with van der Waals surface area (Å²) in [5, 5.41) is 16.2. The Bertz CT molecular complexity index is 1130. The third kappa shape index (κ3) is 3.97. The van der Waals surface area contributed by atoms with E-state index < -0.39 is 5.91 Å². The van der Waals surface area contributed by atoms with Gasteiger partial charge in [-0.3, -0.25) is 9.59 Å². The van der Waals surface area contributed by atoms with Crippen molar-refractivity contribution in [2.24, 2.45) is 0 Å². The average molecular weight is 413 g/mol. The van der Waals surface area contributed by atoms with Gasteiger partial charge in [-0.15, -0.1) is 0 Å². The van der Waals surface area contributed by atoms with Crippen molar-refractivity contribution in [1.82, 2.24) is 14.9 Å². The fraction of sp³-hybridized carbons (Fsp3) is 0.286. The van der Waals surface area contributed by atoms with E-state index in [1.54, 1.807) is 24.4 Å². The highest BCUT2D eigenvalue weighted by molar-refractivity contribution is 6.30. The maximum Gasteiger partial charge on any atom is 0.257 e. The van der Waals surface area contributed by atoms with E-state index in [-0.39, 0.29) is 17.6 Å². The molecular weight excluding hydrogens is 392 g/mol. The van der Waals surface area contributed by atoms with Crippen LogP contribution in [-0.4, -0.2) is 33.7 Å². The number of aryl methyl sites for hydroxylation is 1. The van der Waals surface area contributed by atoms with Crippen LogP contribution in [0.4, 0.5) is 5.82 Å². The van der Waals surface area contributed by atoms with Gasteiger partial charge in [0, 0.05) is 43.2 Å². The molecule has 1 aliphatic heterocycles. The quantitative estimate of drug-likeness (QED) is 0.577. The Morgan fingerprint density at radius 1 is 1.31 bits per heavy atom. The molecule has 1 amide bonds. The van der Waals surface area contributed by atoms with Gasteiger partial charge in [0.1, 0.15) is 5.56 Å². The van der Waals surface area contributed by atoms with Crippen LogP contribution in [0.25, 0.3) is 10.9 Å². The van der Waals surface area contributed by atoms with Gasteiger partial charge < -0.3 is 20.3 Å². The Kier molecular flexibility index (Phi) is 5.51. The van der Waals surface area contributed by atoms with E-state index in [1.165, 1.54) is 0 Å². The number of carbonyl (C=O) groups excluding carboxylic acids is 1. The van der Waals surface area contributed by atoms with Crippen LogP contribution in [-0.2, 0) is 19.5 Å². The van der Waals surface area contributed by atoms with E-state index >= 15 is 0 Å². The molecule has 4 rings (SSSR count). The van der Waals surface area contributed by atoms with Crippen molar-refractivity contribution in [3.8, 4) is 0 Å². The van der Waals surface area contributed by atoms with Crippen molar-refractivity contribution in [3.63, 3.8) is 0 Å². The van der Waals surface area contributed by atoms with Crippen LogP contribution >= 0.6 is 11.6 Å². The maximum atomic E-state index is 13.1. The molecule has 0 spiro atoms. The molecular formula is C21H21ClN4O3. The second-order valence-corrected chi connectivity index (χ2v) is 7.42. The first-order valence-electron chi connectivity index (χ1n) is 9.51. The SMILES string of the molecule is O=C(NCc1ccc(Cl)cc1)c1cn2c3c(nc(CCCO)cc3c1=O)NCC2. The summed E-state index contributed by atoms with van der Waals surface area (Å²) in [5.74, 6) is 0.233. The number of anilines is 1. The number of halogens is 1. The van der Waals surface area contributed by atoms with E-state index in [1.807, 2.05) is 16.7 Å². The molecule has 29 heavy (non-hydrogen) atoms. The van der Waals surface area contributed by atoms with Crippen molar-refractivity contribution in [3.05, 3.63) is 68.6 Å². The predicted octanol–water partition coefficient (Wildman–Crippen LogP) is 2.33. The van der Waals surface area contributed by atoms with Crippen molar-refractivity contribution >= 4 is 34.2 Å². The number of amides is 1. The first kappa shape index (κ1) is 19.4. The van der Waals surface area contributed by atoms with Gasteiger partial charge >= 0.3 is 0 Å². The number of carbonyl (C=O) groups is 1. The summed E-state index contributed by atoms with van der Waals surface area (Å²) in [4.78, 5) is 30.4. The van der Waals surface area contributed by atoms with E-state index in [9.17, 15) is 9.59 Å². The molecule has 0 saturated heterocycles. The molecule has 1 aromatic carbocycles. The molecule has 0 fully saturated rings. The smallest absolute Gasteiger partial charge is 0.257 e. The van der Waals surface area contributed by atoms with Gasteiger partial charge in [-0.05, 0) is 36.6 Å². The molecule has 150 valence electrons. The Labute approximate surface area is 172 Å². The lowest BCUT2D eigenvalue weighted by Gasteiger charge is -2.22. The Morgan fingerprint density at radius 3 is 2.86 bits per heavy atom. The second kappa shape index (κ2) is 8.23. The van der Waals surface area contributed by atoms with Crippen LogP contribution in [0, 0.1) is 0 Å². The third-order valence-corrected chi connectivity index (χ3v) is 5.21. The summed E-state index contributed by atoms with van der Waals surface area (Å²) < 4.78 is 1.91. The highest BCUT2D eigenvalue weighted by atomic mass is 35.5. The molecule has 1 aliphatic rings. The van der Waals surface area contributed by atoms with Crippen LogP contribution < -0.4 is 16.1 Å². The third-order valence-electron chi connectivity index (χ3n) is 4.95. The van der Waals surface area contributed by atoms with Gasteiger partial charge in [0.05, 0.1) is 10.9 Å². The molecule has 7 nitrogen and oxygen atoms in total. The van der Waals surface area contributed by atoms with Gasteiger partial charge in [0.25, 0.3) is 5.91 Å². The minimum atomic E-state index is -0.413. The first-order valence-corrected chi connectivity index (χ1v) is 9.89. The van der Waals surface area contributed by atoms with Gasteiger partial charge in [-0.2, -0.15) is 0 Å². The number of pyridine rings is 2. The van der Waals surface area contributed by atoms with E-state index in [0.717, 1.165) is 11.3 Å². The summed E-state index contributed by atoms with van der Waals surface area (Å²) in [6, 6.07) is 8.91. The summed E-state index contributed by atoms with van der Waals surface area (Å²) in [6.07, 6.45) is 2.74. The van der Waals surface area contributed by atoms with Crippen molar-refractivity contribution < 1.29 is 9.90 Å². The van der Waals surface area contributed by atoms with Crippen LogP contribution in [0.3, 0.4) is 0 Å². The Hall–Kier alpha value is -2.90. The lowest BCUT2D eigenvalue weighted by molar-refractivity contribution is 0.0949. The highest BCUT2D eigenvalue weighted by Gasteiger charge is 2.21. The lowest BCUT2D eigenvalue weighted by atomic mass is 10.1. The fourth-order valence-corrected chi connectivity index (χ4v) is 3.63. The number of nitrogens with zero attached hydrogens (tertiary/aromatic N) is 2. The lowest BCUT2D eigenvalue weighted by Crippen LogP contribution is -2.31. The van der Waals surface area contributed by atoms with Crippen LogP contribution in [0.15, 0.2) is 41.3 Å². The number of aliphatic hydroxyl groups is 1. The minimum Gasteiger partial charge on any atom is -0.396 e. The maximum absolute atomic E-state index is 13.1. The molecule has 3 heterocycles. The molecule has 0 unspecified atom stereocenters. The van der Waals surface area contributed by atoms with Gasteiger partial charge in [-0.1, -0.05) is 23.7 Å². The summed E-state index contributed by atoms with van der Waals surface area (Å²) in [5.41, 5.74) is 2.12. The van der Waals surface area contributed by atoms with Crippen LogP contribution in [0.2, 0.25) is 5.02 Å². The molecule has 0 bridgehead atoms. The number of rotatable bonds is 6. The number of aliphatic hydroxyl groups excluding tert-OH is 1. The molecule has 0 atom stereocenters. The zero-order valence-electron chi connectivity index (χ0n) is 15.7. The first-order chi connectivity index (χ1) is 14.1. The fourth-order valence-electron chi connectivity index (χ4n) is 3.50. The Morgan fingerprint density at radius 2 is 2.10 bits per heavy atom. The number of nitrogens with one attached hydrogen (secondary N) is 2. The zero-order valence-corrected chi connectivity index (χ0v) is 16.5. The van der Waals surface area contributed by atoms with E-state index in [0.29, 0.717) is 54.2 Å². The van der Waals surface area contributed by atoms with Gasteiger partial charge in [0.15, 0.2) is 5.82 Å². The largest absolute Gasteiger partial charge is 0.396 e. The molecule has 3 N–H and O–H groups in total. The number of hydrogen-bond donors (Lipinski definition) is 3.